The second-order valence-electron chi connectivity index (χ2n) is 5.94. The molecule has 0 saturated carbocycles. The van der Waals surface area contributed by atoms with Crippen molar-refractivity contribution in [2.24, 2.45) is 5.10 Å². The van der Waals surface area contributed by atoms with Gasteiger partial charge in [-0.2, -0.15) is 10.2 Å². The Morgan fingerprint density at radius 1 is 1.15 bits per heavy atom. The molecule has 6 heteroatoms. The van der Waals surface area contributed by atoms with E-state index in [0.717, 1.165) is 22.6 Å². The van der Waals surface area contributed by atoms with Gasteiger partial charge in [-0.05, 0) is 54.8 Å². The number of rotatable bonds is 5. The van der Waals surface area contributed by atoms with Crippen molar-refractivity contribution in [2.45, 2.75) is 13.8 Å². The number of benzene rings is 2. The van der Waals surface area contributed by atoms with Gasteiger partial charge < -0.3 is 4.74 Å². The molecule has 0 spiro atoms. The number of hydrazone groups is 1. The summed E-state index contributed by atoms with van der Waals surface area (Å²) in [6, 6.07) is 15.2. The molecule has 1 amide bonds. The van der Waals surface area contributed by atoms with E-state index >= 15 is 0 Å². The lowest BCUT2D eigenvalue weighted by Gasteiger charge is -2.01. The summed E-state index contributed by atoms with van der Waals surface area (Å²) < 4.78 is 5.15. The highest BCUT2D eigenvalue weighted by molar-refractivity contribution is 5.94. The summed E-state index contributed by atoms with van der Waals surface area (Å²) in [5.74, 6) is 0.374. The van der Waals surface area contributed by atoms with Gasteiger partial charge in [0.25, 0.3) is 5.91 Å². The molecule has 3 rings (SSSR count). The maximum atomic E-state index is 12.2. The normalized spacial score (nSPS) is 10.9. The number of hydrogen-bond donors (Lipinski definition) is 2. The van der Waals surface area contributed by atoms with Gasteiger partial charge in [0.2, 0.25) is 0 Å². The maximum Gasteiger partial charge on any atom is 0.289 e. The molecular formula is C20H20N4O2. The number of aryl methyl sites for hydroxylation is 2. The number of carbonyl (C=O) groups is 1. The third kappa shape index (κ3) is 3.97. The zero-order valence-electron chi connectivity index (χ0n) is 14.9. The predicted octanol–water partition coefficient (Wildman–Crippen LogP) is 3.47. The second-order valence-corrected chi connectivity index (χ2v) is 5.94. The third-order valence-corrected chi connectivity index (χ3v) is 4.10. The van der Waals surface area contributed by atoms with Crippen LogP contribution in [0.3, 0.4) is 0 Å². The van der Waals surface area contributed by atoms with Gasteiger partial charge in [-0.1, -0.05) is 24.3 Å². The van der Waals surface area contributed by atoms with E-state index < -0.39 is 0 Å². The number of amides is 1. The van der Waals surface area contributed by atoms with E-state index in [1.165, 1.54) is 11.1 Å². The number of aromatic nitrogens is 2. The molecule has 0 atom stereocenters. The van der Waals surface area contributed by atoms with Crippen LogP contribution in [0.25, 0.3) is 11.3 Å². The molecule has 0 aliphatic rings. The topological polar surface area (TPSA) is 79.4 Å². The van der Waals surface area contributed by atoms with E-state index in [-0.39, 0.29) is 5.91 Å². The van der Waals surface area contributed by atoms with E-state index in [1.54, 1.807) is 19.4 Å². The average molecular weight is 348 g/mol. The molecule has 26 heavy (non-hydrogen) atoms. The molecule has 0 unspecified atom stereocenters. The number of carbonyl (C=O) groups excluding carboxylic acids is 1. The fourth-order valence-corrected chi connectivity index (χ4v) is 2.43. The minimum Gasteiger partial charge on any atom is -0.497 e. The molecule has 6 nitrogen and oxygen atoms in total. The third-order valence-electron chi connectivity index (χ3n) is 4.10. The molecule has 2 N–H and O–H groups in total. The molecule has 0 radical (unpaired) electrons. The number of ether oxygens (including phenoxy) is 1. The predicted molar refractivity (Wildman–Crippen MR) is 102 cm³/mol. The lowest BCUT2D eigenvalue weighted by atomic mass is 10.0. The van der Waals surface area contributed by atoms with Crippen LogP contribution in [0.5, 0.6) is 5.75 Å². The lowest BCUT2D eigenvalue weighted by molar-refractivity contribution is 0.0950. The summed E-state index contributed by atoms with van der Waals surface area (Å²) in [4.78, 5) is 12.2. The Labute approximate surface area is 151 Å². The molecule has 1 heterocycles. The number of methoxy groups -OCH3 is 1. The van der Waals surface area contributed by atoms with Crippen molar-refractivity contribution >= 4 is 12.1 Å². The summed E-state index contributed by atoms with van der Waals surface area (Å²) in [5.41, 5.74) is 7.74. The molecule has 0 aliphatic heterocycles. The van der Waals surface area contributed by atoms with Crippen molar-refractivity contribution in [1.82, 2.24) is 15.6 Å². The van der Waals surface area contributed by atoms with Crippen molar-refractivity contribution in [3.8, 4) is 17.0 Å². The Bertz CT molecular complexity index is 960. The van der Waals surface area contributed by atoms with Gasteiger partial charge in [-0.15, -0.1) is 0 Å². The van der Waals surface area contributed by atoms with Gasteiger partial charge in [-0.3, -0.25) is 9.89 Å². The van der Waals surface area contributed by atoms with Gasteiger partial charge in [0, 0.05) is 5.56 Å². The Morgan fingerprint density at radius 3 is 2.77 bits per heavy atom. The van der Waals surface area contributed by atoms with Crippen LogP contribution in [-0.2, 0) is 0 Å². The maximum absolute atomic E-state index is 12.2. The van der Waals surface area contributed by atoms with Crippen molar-refractivity contribution in [3.63, 3.8) is 0 Å². The van der Waals surface area contributed by atoms with E-state index in [0.29, 0.717) is 5.69 Å². The van der Waals surface area contributed by atoms with Crippen LogP contribution in [0.4, 0.5) is 0 Å². The first-order chi connectivity index (χ1) is 12.6. The second kappa shape index (κ2) is 7.65. The first kappa shape index (κ1) is 17.4. The molecular weight excluding hydrogens is 328 g/mol. The summed E-state index contributed by atoms with van der Waals surface area (Å²) in [5, 5.41) is 10.9. The van der Waals surface area contributed by atoms with Crippen molar-refractivity contribution in [3.05, 3.63) is 70.9 Å². The van der Waals surface area contributed by atoms with Crippen molar-refractivity contribution < 1.29 is 9.53 Å². The van der Waals surface area contributed by atoms with Gasteiger partial charge in [0.1, 0.15) is 11.4 Å². The number of H-pyrrole nitrogens is 1. The highest BCUT2D eigenvalue weighted by atomic mass is 16.5. The molecule has 3 aromatic rings. The standard InChI is InChI=1S/C20H20N4O2/c1-13-7-8-16(9-14(13)2)18-11-19(23-22-18)20(25)24-21-12-15-5-4-6-17(10-15)26-3/h4-12H,1-3H3,(H,22,23)(H,24,25)/b21-12+. The fraction of sp³-hybridized carbons (Fsp3) is 0.150. The first-order valence-electron chi connectivity index (χ1n) is 8.17. The van der Waals surface area contributed by atoms with E-state index in [4.69, 9.17) is 4.74 Å². The first-order valence-corrected chi connectivity index (χ1v) is 8.17. The van der Waals surface area contributed by atoms with Crippen LogP contribution in [0, 0.1) is 13.8 Å². The van der Waals surface area contributed by atoms with Crippen molar-refractivity contribution in [1.29, 1.82) is 0 Å². The molecule has 1 aromatic heterocycles. The van der Waals surface area contributed by atoms with Crippen LogP contribution in [0.1, 0.15) is 27.2 Å². The largest absolute Gasteiger partial charge is 0.497 e. The van der Waals surface area contributed by atoms with Gasteiger partial charge >= 0.3 is 0 Å². The number of nitrogens with one attached hydrogen (secondary N) is 2. The van der Waals surface area contributed by atoms with Crippen LogP contribution < -0.4 is 10.2 Å². The van der Waals surface area contributed by atoms with Crippen LogP contribution in [0.2, 0.25) is 0 Å². The van der Waals surface area contributed by atoms with Crippen LogP contribution >= 0.6 is 0 Å². The Kier molecular flexibility index (Phi) is 5.12. The van der Waals surface area contributed by atoms with E-state index in [2.05, 4.69) is 27.6 Å². The number of nitrogens with zero attached hydrogens (tertiary/aromatic N) is 2. The average Bonchev–Trinajstić information content (AvgIpc) is 3.14. The Balaban J connectivity index is 1.68. The summed E-state index contributed by atoms with van der Waals surface area (Å²) in [7, 11) is 1.60. The fourth-order valence-electron chi connectivity index (χ4n) is 2.43. The van der Waals surface area contributed by atoms with Gasteiger partial charge in [-0.25, -0.2) is 5.43 Å². The molecule has 132 valence electrons. The smallest absolute Gasteiger partial charge is 0.289 e. The zero-order valence-corrected chi connectivity index (χ0v) is 14.9. The zero-order chi connectivity index (χ0) is 18.5. The van der Waals surface area contributed by atoms with Gasteiger partial charge in [0.15, 0.2) is 0 Å². The molecule has 2 aromatic carbocycles. The molecule has 0 aliphatic carbocycles. The minimum atomic E-state index is -0.355. The minimum absolute atomic E-state index is 0.348. The number of hydrogen-bond acceptors (Lipinski definition) is 4. The molecule has 0 bridgehead atoms. The summed E-state index contributed by atoms with van der Waals surface area (Å²) in [6.07, 6.45) is 1.56. The lowest BCUT2D eigenvalue weighted by Crippen LogP contribution is -2.18. The highest BCUT2D eigenvalue weighted by Gasteiger charge is 2.10. The number of aromatic amines is 1. The van der Waals surface area contributed by atoms with Gasteiger partial charge in [0.05, 0.1) is 19.0 Å². The Morgan fingerprint density at radius 2 is 2.00 bits per heavy atom. The van der Waals surface area contributed by atoms with Crippen LogP contribution in [-0.4, -0.2) is 29.4 Å². The SMILES string of the molecule is COc1cccc(/C=N/NC(=O)c2cc(-c3ccc(C)c(C)c3)n[nH]2)c1. The van der Waals surface area contributed by atoms with E-state index in [9.17, 15) is 4.79 Å². The summed E-state index contributed by atoms with van der Waals surface area (Å²) in [6.45, 7) is 4.11. The molecule has 0 fully saturated rings. The summed E-state index contributed by atoms with van der Waals surface area (Å²) >= 11 is 0. The van der Waals surface area contributed by atoms with E-state index in [1.807, 2.05) is 49.4 Å². The molecule has 0 saturated heterocycles. The quantitative estimate of drug-likeness (QED) is 0.547. The monoisotopic (exact) mass is 348 g/mol. The van der Waals surface area contributed by atoms with Crippen molar-refractivity contribution in [2.75, 3.05) is 7.11 Å². The highest BCUT2D eigenvalue weighted by Crippen LogP contribution is 2.20. The Hall–Kier alpha value is -3.41. The van der Waals surface area contributed by atoms with Crippen LogP contribution in [0.15, 0.2) is 53.6 Å².